The van der Waals surface area contributed by atoms with Gasteiger partial charge in [-0.1, -0.05) is 17.7 Å². The van der Waals surface area contributed by atoms with Crippen LogP contribution >= 0.6 is 36.4 Å². The van der Waals surface area contributed by atoms with Gasteiger partial charge in [0.05, 0.1) is 17.6 Å². The van der Waals surface area contributed by atoms with E-state index in [0.717, 1.165) is 18.4 Å². The molecule has 1 aromatic carbocycles. The smallest absolute Gasteiger partial charge is 0.239 e. The molecule has 0 saturated carbocycles. The molecular weight excluding hydrogens is 439 g/mol. The summed E-state index contributed by atoms with van der Waals surface area (Å²) in [6, 6.07) is 5.44. The second-order valence-electron chi connectivity index (χ2n) is 7.24. The first-order valence-electron chi connectivity index (χ1n) is 9.40. The number of nitrogens with two attached hydrogens (primary N) is 1. The maximum atomic E-state index is 12.7. The van der Waals surface area contributed by atoms with Crippen LogP contribution in [0.1, 0.15) is 24.8 Å². The van der Waals surface area contributed by atoms with E-state index in [1.165, 1.54) is 0 Å². The second kappa shape index (κ2) is 11.8. The lowest BCUT2D eigenvalue weighted by atomic mass is 10.1. The third-order valence-electron chi connectivity index (χ3n) is 5.11. The van der Waals surface area contributed by atoms with Crippen LogP contribution in [0.3, 0.4) is 0 Å². The van der Waals surface area contributed by atoms with Crippen LogP contribution in [-0.2, 0) is 9.59 Å². The number of hydrogen-bond donors (Lipinski definition) is 3. The van der Waals surface area contributed by atoms with Gasteiger partial charge in [-0.3, -0.25) is 9.59 Å². The van der Waals surface area contributed by atoms with E-state index in [1.807, 2.05) is 30.0 Å². The summed E-state index contributed by atoms with van der Waals surface area (Å²) in [6.45, 7) is 3.87. The van der Waals surface area contributed by atoms with Gasteiger partial charge in [-0.2, -0.15) is 0 Å². The Labute approximate surface area is 188 Å². The van der Waals surface area contributed by atoms with Crippen molar-refractivity contribution in [2.45, 2.75) is 44.4 Å². The molecule has 0 aliphatic carbocycles. The zero-order valence-corrected chi connectivity index (χ0v) is 18.7. The van der Waals surface area contributed by atoms with Crippen molar-refractivity contribution in [2.24, 2.45) is 5.73 Å². The number of likely N-dealkylation sites (tertiary alicyclic amines) is 1. The second-order valence-corrected chi connectivity index (χ2v) is 7.65. The summed E-state index contributed by atoms with van der Waals surface area (Å²) in [7, 11) is 0. The fourth-order valence-electron chi connectivity index (χ4n) is 3.62. The third kappa shape index (κ3) is 6.89. The number of rotatable bonds is 5. The number of halogens is 3. The van der Waals surface area contributed by atoms with Gasteiger partial charge < -0.3 is 26.0 Å². The molecule has 2 atom stereocenters. The molecule has 0 radical (unpaired) electrons. The highest BCUT2D eigenvalue weighted by Crippen LogP contribution is 2.28. The number of carbonyl (C=O) groups excluding carboxylic acids is 2. The van der Waals surface area contributed by atoms with E-state index in [1.54, 1.807) is 0 Å². The predicted molar refractivity (Wildman–Crippen MR) is 118 cm³/mol. The molecular formula is C19H29Cl3N4O3. The van der Waals surface area contributed by atoms with Gasteiger partial charge in [0.2, 0.25) is 11.8 Å². The lowest BCUT2D eigenvalue weighted by Crippen LogP contribution is -2.48. The molecule has 4 N–H and O–H groups in total. The van der Waals surface area contributed by atoms with Crippen molar-refractivity contribution < 1.29 is 14.3 Å². The highest BCUT2D eigenvalue weighted by atomic mass is 35.5. The van der Waals surface area contributed by atoms with Crippen LogP contribution in [0.2, 0.25) is 5.02 Å². The summed E-state index contributed by atoms with van der Waals surface area (Å²) in [6.07, 6.45) is 2.20. The average molecular weight is 468 g/mol. The van der Waals surface area contributed by atoms with Gasteiger partial charge >= 0.3 is 0 Å². The van der Waals surface area contributed by atoms with Crippen molar-refractivity contribution in [3.63, 3.8) is 0 Å². The van der Waals surface area contributed by atoms with Gasteiger partial charge in [0.25, 0.3) is 0 Å². The van der Waals surface area contributed by atoms with Crippen LogP contribution in [-0.4, -0.2) is 61.1 Å². The van der Waals surface area contributed by atoms with E-state index < -0.39 is 0 Å². The molecule has 10 heteroatoms. The zero-order valence-electron chi connectivity index (χ0n) is 16.4. The zero-order chi connectivity index (χ0) is 19.4. The normalized spacial score (nSPS) is 21.7. The van der Waals surface area contributed by atoms with Crippen LogP contribution in [0, 0.1) is 6.92 Å². The van der Waals surface area contributed by atoms with E-state index >= 15 is 0 Å². The molecule has 29 heavy (non-hydrogen) atoms. The highest BCUT2D eigenvalue weighted by molar-refractivity contribution is 6.32. The van der Waals surface area contributed by atoms with E-state index in [4.69, 9.17) is 22.1 Å². The Morgan fingerprint density at radius 3 is 2.66 bits per heavy atom. The first kappa shape index (κ1) is 25.8. The Morgan fingerprint density at radius 1 is 1.31 bits per heavy atom. The van der Waals surface area contributed by atoms with Crippen molar-refractivity contribution in [3.8, 4) is 5.75 Å². The molecule has 2 saturated heterocycles. The third-order valence-corrected chi connectivity index (χ3v) is 5.43. The molecule has 1 aromatic rings. The molecule has 0 unspecified atom stereocenters. The number of ether oxygens (including phenoxy) is 1. The molecule has 2 amide bonds. The van der Waals surface area contributed by atoms with Crippen LogP contribution in [0.25, 0.3) is 0 Å². The molecule has 0 aromatic heterocycles. The number of hydrogen-bond acceptors (Lipinski definition) is 5. The van der Waals surface area contributed by atoms with Gasteiger partial charge in [-0.05, 0) is 31.0 Å². The lowest BCUT2D eigenvalue weighted by Gasteiger charge is -2.33. The number of nitrogens with zero attached hydrogens (tertiary/aromatic N) is 1. The average Bonchev–Trinajstić information content (AvgIpc) is 3.13. The number of aryl methyl sites for hydroxylation is 1. The fraction of sp³-hybridized carbons (Fsp3) is 0.579. The Morgan fingerprint density at radius 2 is 2.00 bits per heavy atom. The van der Waals surface area contributed by atoms with Crippen LogP contribution in [0.5, 0.6) is 5.75 Å². The fourth-order valence-corrected chi connectivity index (χ4v) is 3.78. The van der Waals surface area contributed by atoms with E-state index in [0.29, 0.717) is 36.8 Å². The van der Waals surface area contributed by atoms with Gasteiger partial charge in [-0.15, -0.1) is 24.8 Å². The van der Waals surface area contributed by atoms with Crippen molar-refractivity contribution in [1.82, 2.24) is 15.5 Å². The Bertz CT molecular complexity index is 699. The SMILES string of the molecule is Cc1ccc(Cl)c(OC2CCN(C(=O)[C@@H]3C[C@@H](NC(=O)CN)CN3)CC2)c1.Cl.Cl. The molecule has 0 spiro atoms. The standard InChI is InChI=1S/C19H27ClN4O3.2ClH/c1-12-2-3-15(20)17(8-12)27-14-4-6-24(7-5-14)19(26)16-9-13(11-22-16)23-18(25)10-21;;/h2-3,8,13-14,16,22H,4-7,9-11,21H2,1H3,(H,23,25);2*1H/t13-,16+;;/m1../s1. The van der Waals surface area contributed by atoms with Crippen molar-refractivity contribution >= 4 is 48.2 Å². The number of piperidine rings is 1. The van der Waals surface area contributed by atoms with Crippen LogP contribution in [0.15, 0.2) is 18.2 Å². The van der Waals surface area contributed by atoms with Crippen molar-refractivity contribution in [2.75, 3.05) is 26.2 Å². The minimum Gasteiger partial charge on any atom is -0.489 e. The largest absolute Gasteiger partial charge is 0.489 e. The van der Waals surface area contributed by atoms with Crippen LogP contribution in [0.4, 0.5) is 0 Å². The maximum absolute atomic E-state index is 12.7. The predicted octanol–water partition coefficient (Wildman–Crippen LogP) is 1.67. The molecule has 2 heterocycles. The van der Waals surface area contributed by atoms with Crippen molar-refractivity contribution in [1.29, 1.82) is 0 Å². The van der Waals surface area contributed by atoms with Crippen molar-refractivity contribution in [3.05, 3.63) is 28.8 Å². The van der Waals surface area contributed by atoms with Gasteiger partial charge in [0.15, 0.2) is 0 Å². The van der Waals surface area contributed by atoms with Gasteiger partial charge in [0.1, 0.15) is 11.9 Å². The maximum Gasteiger partial charge on any atom is 0.239 e. The Hall–Kier alpha value is -1.25. The monoisotopic (exact) mass is 466 g/mol. The molecule has 2 aliphatic rings. The van der Waals surface area contributed by atoms with Gasteiger partial charge in [0, 0.05) is 38.5 Å². The summed E-state index contributed by atoms with van der Waals surface area (Å²) >= 11 is 6.21. The minimum atomic E-state index is -0.253. The summed E-state index contributed by atoms with van der Waals surface area (Å²) < 4.78 is 6.05. The summed E-state index contributed by atoms with van der Waals surface area (Å²) in [5.74, 6) is 0.603. The van der Waals surface area contributed by atoms with E-state index in [2.05, 4.69) is 10.6 Å². The number of benzene rings is 1. The van der Waals surface area contributed by atoms with E-state index in [9.17, 15) is 9.59 Å². The Balaban J connectivity index is 0.00000210. The first-order chi connectivity index (χ1) is 13.0. The molecule has 2 fully saturated rings. The quantitative estimate of drug-likeness (QED) is 0.612. The topological polar surface area (TPSA) is 96.7 Å². The lowest BCUT2D eigenvalue weighted by molar-refractivity contribution is -0.135. The summed E-state index contributed by atoms with van der Waals surface area (Å²) in [5, 5.41) is 6.64. The van der Waals surface area contributed by atoms with Gasteiger partial charge in [-0.25, -0.2) is 0 Å². The number of nitrogens with one attached hydrogen (secondary N) is 2. The summed E-state index contributed by atoms with van der Waals surface area (Å²) in [4.78, 5) is 26.0. The molecule has 0 bridgehead atoms. The molecule has 7 nitrogen and oxygen atoms in total. The minimum absolute atomic E-state index is 0. The molecule has 3 rings (SSSR count). The Kier molecular flexibility index (Phi) is 10.5. The highest BCUT2D eigenvalue weighted by Gasteiger charge is 2.34. The molecule has 164 valence electrons. The summed E-state index contributed by atoms with van der Waals surface area (Å²) in [5.41, 5.74) is 6.42. The number of amides is 2. The first-order valence-corrected chi connectivity index (χ1v) is 9.78. The van der Waals surface area contributed by atoms with E-state index in [-0.39, 0.29) is 61.4 Å². The van der Waals surface area contributed by atoms with Crippen LogP contribution < -0.4 is 21.1 Å². The number of carbonyl (C=O) groups is 2. The molecule has 2 aliphatic heterocycles.